The maximum absolute atomic E-state index is 14.3. The van der Waals surface area contributed by atoms with E-state index in [0.29, 0.717) is 0 Å². The highest BCUT2D eigenvalue weighted by atomic mass is 19.1. The molecule has 0 spiro atoms. The monoisotopic (exact) mass is 339 g/mol. The zero-order valence-electron chi connectivity index (χ0n) is 16.1. The summed E-state index contributed by atoms with van der Waals surface area (Å²) in [5.41, 5.74) is 7.40. The standard InChI is InChI=1S/C21H26FN3/c1-13(2)12-25(21-17(6)9-14(3)10-18(21)7)24-23-20-16(5)8-15(4)11-19(20)22/h8-12H,1-7H3/b24-23+. The summed E-state index contributed by atoms with van der Waals surface area (Å²) in [6, 6.07) is 7.61. The zero-order chi connectivity index (χ0) is 18.7. The van der Waals surface area contributed by atoms with Crippen molar-refractivity contribution < 1.29 is 4.39 Å². The fourth-order valence-electron chi connectivity index (χ4n) is 3.04. The third kappa shape index (κ3) is 4.53. The molecule has 3 nitrogen and oxygen atoms in total. The first-order chi connectivity index (χ1) is 11.7. The molecule has 0 radical (unpaired) electrons. The summed E-state index contributed by atoms with van der Waals surface area (Å²) in [5.74, 6) is -0.351. The Labute approximate surface area is 149 Å². The SMILES string of the molecule is CC(C)=CN(/N=N/c1c(C)cc(C)cc1F)c1c(C)cc(C)cc1C. The predicted octanol–water partition coefficient (Wildman–Crippen LogP) is 6.80. The number of hydrogen-bond donors (Lipinski definition) is 0. The first-order valence-corrected chi connectivity index (χ1v) is 8.39. The molecule has 0 N–H and O–H groups in total. The Morgan fingerprint density at radius 2 is 1.40 bits per heavy atom. The molecule has 0 aromatic heterocycles. The Morgan fingerprint density at radius 3 is 1.92 bits per heavy atom. The van der Waals surface area contributed by atoms with Crippen molar-refractivity contribution in [2.24, 2.45) is 10.3 Å². The van der Waals surface area contributed by atoms with Gasteiger partial charge in [-0.25, -0.2) is 9.40 Å². The summed E-state index contributed by atoms with van der Waals surface area (Å²) in [5, 5.41) is 10.3. The molecule has 25 heavy (non-hydrogen) atoms. The van der Waals surface area contributed by atoms with Gasteiger partial charge in [0.2, 0.25) is 0 Å². The second-order valence-electron chi connectivity index (χ2n) is 6.90. The molecule has 0 unspecified atom stereocenters. The molecule has 0 saturated carbocycles. The average molecular weight is 339 g/mol. The number of benzene rings is 2. The molecule has 0 amide bonds. The quantitative estimate of drug-likeness (QED) is 0.445. The normalized spacial score (nSPS) is 11.0. The van der Waals surface area contributed by atoms with Crippen molar-refractivity contribution in [1.82, 2.24) is 0 Å². The van der Waals surface area contributed by atoms with Gasteiger partial charge >= 0.3 is 0 Å². The van der Waals surface area contributed by atoms with E-state index in [-0.39, 0.29) is 11.5 Å². The highest BCUT2D eigenvalue weighted by Gasteiger charge is 2.12. The first kappa shape index (κ1) is 18.8. The fourth-order valence-corrected chi connectivity index (χ4v) is 3.04. The molecule has 4 heteroatoms. The van der Waals surface area contributed by atoms with Crippen LogP contribution in [0.5, 0.6) is 0 Å². The molecule has 0 heterocycles. The summed E-state index contributed by atoms with van der Waals surface area (Å²) in [6.07, 6.45) is 1.91. The van der Waals surface area contributed by atoms with Crippen molar-refractivity contribution in [2.45, 2.75) is 48.5 Å². The second kappa shape index (κ2) is 7.60. The molecule has 0 bridgehead atoms. The van der Waals surface area contributed by atoms with Gasteiger partial charge in [0.1, 0.15) is 5.69 Å². The number of allylic oxidation sites excluding steroid dienone is 1. The van der Waals surface area contributed by atoms with Gasteiger partial charge in [-0.3, -0.25) is 0 Å². The van der Waals surface area contributed by atoms with Crippen LogP contribution in [-0.2, 0) is 0 Å². The van der Waals surface area contributed by atoms with Crippen molar-refractivity contribution in [2.75, 3.05) is 5.01 Å². The third-order valence-corrected chi connectivity index (χ3v) is 3.88. The molecule has 0 fully saturated rings. The highest BCUT2D eigenvalue weighted by Crippen LogP contribution is 2.30. The van der Waals surface area contributed by atoms with Crippen molar-refractivity contribution in [3.05, 3.63) is 69.7 Å². The molecular weight excluding hydrogens is 313 g/mol. The van der Waals surface area contributed by atoms with Crippen LogP contribution in [0.25, 0.3) is 0 Å². The number of anilines is 1. The lowest BCUT2D eigenvalue weighted by Crippen LogP contribution is -2.11. The molecule has 0 atom stereocenters. The molecule has 2 aromatic rings. The van der Waals surface area contributed by atoms with Crippen molar-refractivity contribution in [3.8, 4) is 0 Å². The zero-order valence-corrected chi connectivity index (χ0v) is 16.1. The van der Waals surface area contributed by atoms with E-state index in [1.807, 2.05) is 53.8 Å². The summed E-state index contributed by atoms with van der Waals surface area (Å²) >= 11 is 0. The minimum Gasteiger partial charge on any atom is -0.222 e. The van der Waals surface area contributed by atoms with Gasteiger partial charge in [-0.15, -0.1) is 5.11 Å². The predicted molar refractivity (Wildman–Crippen MR) is 103 cm³/mol. The Morgan fingerprint density at radius 1 is 0.880 bits per heavy atom. The molecule has 0 aliphatic rings. The van der Waals surface area contributed by atoms with E-state index in [1.165, 1.54) is 11.6 Å². The lowest BCUT2D eigenvalue weighted by Gasteiger charge is -2.20. The third-order valence-electron chi connectivity index (χ3n) is 3.88. The van der Waals surface area contributed by atoms with Gasteiger partial charge in [0.05, 0.1) is 5.69 Å². The van der Waals surface area contributed by atoms with Crippen LogP contribution in [0.15, 0.2) is 46.4 Å². The number of rotatable bonds is 4. The Hall–Kier alpha value is -2.49. The van der Waals surface area contributed by atoms with Crippen LogP contribution in [0.1, 0.15) is 41.7 Å². The maximum Gasteiger partial charge on any atom is 0.151 e. The van der Waals surface area contributed by atoms with E-state index in [2.05, 4.69) is 29.4 Å². The minimum atomic E-state index is -0.351. The second-order valence-corrected chi connectivity index (χ2v) is 6.90. The van der Waals surface area contributed by atoms with Crippen LogP contribution in [0, 0.1) is 40.4 Å². The van der Waals surface area contributed by atoms with Crippen LogP contribution >= 0.6 is 0 Å². The average Bonchev–Trinajstić information content (AvgIpc) is 2.43. The highest BCUT2D eigenvalue weighted by molar-refractivity contribution is 5.61. The van der Waals surface area contributed by atoms with Crippen LogP contribution in [-0.4, -0.2) is 0 Å². The van der Waals surface area contributed by atoms with E-state index in [0.717, 1.165) is 33.5 Å². The molecule has 2 rings (SSSR count). The van der Waals surface area contributed by atoms with E-state index < -0.39 is 0 Å². The summed E-state index contributed by atoms with van der Waals surface area (Å²) in [4.78, 5) is 0. The number of hydrogen-bond acceptors (Lipinski definition) is 2. The largest absolute Gasteiger partial charge is 0.222 e. The van der Waals surface area contributed by atoms with Crippen LogP contribution in [0.4, 0.5) is 15.8 Å². The molecule has 0 saturated heterocycles. The van der Waals surface area contributed by atoms with Gasteiger partial charge in [0.25, 0.3) is 0 Å². The van der Waals surface area contributed by atoms with Crippen LogP contribution < -0.4 is 5.01 Å². The van der Waals surface area contributed by atoms with E-state index >= 15 is 0 Å². The number of nitrogens with zero attached hydrogens (tertiary/aromatic N) is 3. The van der Waals surface area contributed by atoms with Crippen molar-refractivity contribution in [3.63, 3.8) is 0 Å². The lowest BCUT2D eigenvalue weighted by molar-refractivity contribution is 0.625. The summed E-state index contributed by atoms with van der Waals surface area (Å²) < 4.78 is 14.3. The molecule has 0 aliphatic carbocycles. The van der Waals surface area contributed by atoms with Gasteiger partial charge in [-0.2, -0.15) is 0 Å². The van der Waals surface area contributed by atoms with Crippen molar-refractivity contribution in [1.29, 1.82) is 0 Å². The first-order valence-electron chi connectivity index (χ1n) is 8.39. The summed E-state index contributed by atoms with van der Waals surface area (Å²) in [6.45, 7) is 13.9. The summed E-state index contributed by atoms with van der Waals surface area (Å²) in [7, 11) is 0. The smallest absolute Gasteiger partial charge is 0.151 e. The van der Waals surface area contributed by atoms with Gasteiger partial charge < -0.3 is 0 Å². The minimum absolute atomic E-state index is 0.278. The van der Waals surface area contributed by atoms with E-state index in [1.54, 1.807) is 5.01 Å². The lowest BCUT2D eigenvalue weighted by atomic mass is 10.0. The van der Waals surface area contributed by atoms with Crippen molar-refractivity contribution >= 4 is 11.4 Å². The van der Waals surface area contributed by atoms with E-state index in [4.69, 9.17) is 0 Å². The topological polar surface area (TPSA) is 28.0 Å². The maximum atomic E-state index is 14.3. The Bertz CT molecular complexity index is 800. The molecular formula is C21H26FN3. The van der Waals surface area contributed by atoms with Gasteiger partial charge in [-0.1, -0.05) is 34.6 Å². The fraction of sp³-hybridized carbons (Fsp3) is 0.333. The molecule has 132 valence electrons. The molecule has 0 aliphatic heterocycles. The Balaban J connectivity index is 2.53. The van der Waals surface area contributed by atoms with Gasteiger partial charge in [-0.05, 0) is 76.8 Å². The molecule has 2 aromatic carbocycles. The van der Waals surface area contributed by atoms with Gasteiger partial charge in [0.15, 0.2) is 5.82 Å². The van der Waals surface area contributed by atoms with E-state index in [9.17, 15) is 4.39 Å². The number of aryl methyl sites for hydroxylation is 5. The van der Waals surface area contributed by atoms with Crippen LogP contribution in [0.3, 0.4) is 0 Å². The van der Waals surface area contributed by atoms with Gasteiger partial charge in [0, 0.05) is 6.20 Å². The Kier molecular flexibility index (Phi) is 5.73. The van der Waals surface area contributed by atoms with Crippen LogP contribution in [0.2, 0.25) is 0 Å². The number of halogens is 1.